The minimum atomic E-state index is -4.29. The molecule has 9 heteroatoms. The summed E-state index contributed by atoms with van der Waals surface area (Å²) in [6.07, 6.45) is -5.32. The highest BCUT2D eigenvalue weighted by Crippen LogP contribution is 2.34. The SMILES string of the molecule is COc1cc(C=O)c([N+](=O)[O-])cc1OCCCC(F)(F)F. The third kappa shape index (κ3) is 4.93. The molecule has 0 atom stereocenters. The van der Waals surface area contributed by atoms with E-state index in [9.17, 15) is 28.1 Å². The average Bonchev–Trinajstić information content (AvgIpc) is 2.41. The van der Waals surface area contributed by atoms with Crippen molar-refractivity contribution in [1.29, 1.82) is 0 Å². The highest BCUT2D eigenvalue weighted by Gasteiger charge is 2.26. The standard InChI is InChI=1S/C12H12F3NO5/c1-20-10-5-8(7-17)9(16(18)19)6-11(10)21-4-2-3-12(13,14)15/h5-7H,2-4H2,1H3. The van der Waals surface area contributed by atoms with Gasteiger partial charge in [-0.3, -0.25) is 14.9 Å². The van der Waals surface area contributed by atoms with Crippen molar-refractivity contribution in [3.63, 3.8) is 0 Å². The molecule has 0 aliphatic carbocycles. The van der Waals surface area contributed by atoms with Crippen molar-refractivity contribution in [1.82, 2.24) is 0 Å². The summed E-state index contributed by atoms with van der Waals surface area (Å²) in [4.78, 5) is 20.8. The summed E-state index contributed by atoms with van der Waals surface area (Å²) < 4.78 is 45.9. The molecule has 1 aromatic rings. The van der Waals surface area contributed by atoms with E-state index in [2.05, 4.69) is 0 Å². The van der Waals surface area contributed by atoms with Crippen molar-refractivity contribution >= 4 is 12.0 Å². The van der Waals surface area contributed by atoms with Gasteiger partial charge in [-0.1, -0.05) is 0 Å². The number of ether oxygens (including phenoxy) is 2. The normalized spacial score (nSPS) is 11.0. The number of benzene rings is 1. The topological polar surface area (TPSA) is 78.7 Å². The summed E-state index contributed by atoms with van der Waals surface area (Å²) in [6.45, 7) is -0.284. The van der Waals surface area contributed by atoms with E-state index in [-0.39, 0.29) is 36.4 Å². The number of carbonyl (C=O) groups excluding carboxylic acids is 1. The Bertz CT molecular complexity index is 530. The van der Waals surface area contributed by atoms with Crippen LogP contribution in [-0.2, 0) is 0 Å². The Morgan fingerprint density at radius 2 is 2.00 bits per heavy atom. The van der Waals surface area contributed by atoms with E-state index in [1.807, 2.05) is 0 Å². The molecule has 1 aromatic carbocycles. The lowest BCUT2D eigenvalue weighted by Crippen LogP contribution is -2.10. The smallest absolute Gasteiger partial charge is 0.389 e. The number of nitrogens with zero attached hydrogens (tertiary/aromatic N) is 1. The van der Waals surface area contributed by atoms with Gasteiger partial charge in [0.1, 0.15) is 0 Å². The Kier molecular flexibility index (Phi) is 5.51. The van der Waals surface area contributed by atoms with Crippen LogP contribution in [0.4, 0.5) is 18.9 Å². The summed E-state index contributed by atoms with van der Waals surface area (Å²) >= 11 is 0. The number of aldehydes is 1. The van der Waals surface area contributed by atoms with Crippen LogP contribution < -0.4 is 9.47 Å². The molecule has 0 radical (unpaired) electrons. The molecule has 0 amide bonds. The maximum atomic E-state index is 12.0. The van der Waals surface area contributed by atoms with Crippen molar-refractivity contribution in [3.05, 3.63) is 27.8 Å². The van der Waals surface area contributed by atoms with Gasteiger partial charge in [-0.2, -0.15) is 13.2 Å². The van der Waals surface area contributed by atoms with Gasteiger partial charge in [-0.25, -0.2) is 0 Å². The molecule has 0 fully saturated rings. The number of nitro benzene ring substituents is 1. The van der Waals surface area contributed by atoms with Gasteiger partial charge in [0.05, 0.1) is 30.3 Å². The zero-order chi connectivity index (χ0) is 16.0. The summed E-state index contributed by atoms with van der Waals surface area (Å²) in [5.41, 5.74) is -0.712. The van der Waals surface area contributed by atoms with Crippen molar-refractivity contribution in [2.24, 2.45) is 0 Å². The van der Waals surface area contributed by atoms with E-state index in [1.54, 1.807) is 0 Å². The van der Waals surface area contributed by atoms with Crippen LogP contribution in [0, 0.1) is 10.1 Å². The Balaban J connectivity index is 2.87. The fourth-order valence-electron chi connectivity index (χ4n) is 1.54. The molecule has 0 aliphatic rings. The molecule has 1 rings (SSSR count). The molecule has 0 bridgehead atoms. The molecule has 0 unspecified atom stereocenters. The van der Waals surface area contributed by atoms with Crippen molar-refractivity contribution < 1.29 is 32.4 Å². The first-order valence-electron chi connectivity index (χ1n) is 5.79. The van der Waals surface area contributed by atoms with Gasteiger partial charge < -0.3 is 9.47 Å². The third-order valence-corrected chi connectivity index (χ3v) is 2.50. The largest absolute Gasteiger partial charge is 0.493 e. The lowest BCUT2D eigenvalue weighted by molar-refractivity contribution is -0.385. The summed E-state index contributed by atoms with van der Waals surface area (Å²) in [5.74, 6) is -0.0494. The highest BCUT2D eigenvalue weighted by molar-refractivity contribution is 5.83. The van der Waals surface area contributed by atoms with E-state index in [0.717, 1.165) is 12.1 Å². The number of rotatable bonds is 7. The van der Waals surface area contributed by atoms with Crippen LogP contribution in [0.5, 0.6) is 11.5 Å². The van der Waals surface area contributed by atoms with Gasteiger partial charge in [0.25, 0.3) is 5.69 Å². The number of alkyl halides is 3. The molecule has 0 spiro atoms. The molecule has 0 N–H and O–H groups in total. The number of carbonyl (C=O) groups is 1. The van der Waals surface area contributed by atoms with Crippen LogP contribution in [0.25, 0.3) is 0 Å². The average molecular weight is 307 g/mol. The molecule has 0 saturated heterocycles. The second-order valence-electron chi connectivity index (χ2n) is 4.00. The van der Waals surface area contributed by atoms with Gasteiger partial charge >= 0.3 is 6.18 Å². The van der Waals surface area contributed by atoms with E-state index >= 15 is 0 Å². The summed E-state index contributed by atoms with van der Waals surface area (Å²) in [6, 6.07) is 2.06. The zero-order valence-corrected chi connectivity index (χ0v) is 11.0. The molecule has 0 aliphatic heterocycles. The molecule has 6 nitrogen and oxygen atoms in total. The fraction of sp³-hybridized carbons (Fsp3) is 0.417. The Morgan fingerprint density at radius 3 is 2.48 bits per heavy atom. The van der Waals surface area contributed by atoms with Gasteiger partial charge in [0.15, 0.2) is 17.8 Å². The molecular formula is C12H12F3NO5. The quantitative estimate of drug-likeness (QED) is 0.335. The van der Waals surface area contributed by atoms with E-state index in [4.69, 9.17) is 9.47 Å². The predicted octanol–water partition coefficient (Wildman–Crippen LogP) is 3.14. The molecule has 116 valence electrons. The first-order chi connectivity index (χ1) is 9.78. The van der Waals surface area contributed by atoms with Crippen LogP contribution in [0.15, 0.2) is 12.1 Å². The van der Waals surface area contributed by atoms with Crippen LogP contribution in [0.1, 0.15) is 23.2 Å². The maximum absolute atomic E-state index is 12.0. The number of nitro groups is 1. The molecule has 0 aromatic heterocycles. The van der Waals surface area contributed by atoms with Gasteiger partial charge in [0, 0.05) is 12.5 Å². The summed E-state index contributed by atoms with van der Waals surface area (Å²) in [5, 5.41) is 10.8. The minimum Gasteiger partial charge on any atom is -0.493 e. The Morgan fingerprint density at radius 1 is 1.33 bits per heavy atom. The molecular weight excluding hydrogens is 295 g/mol. The molecule has 0 heterocycles. The zero-order valence-electron chi connectivity index (χ0n) is 11.0. The molecule has 0 saturated carbocycles. The van der Waals surface area contributed by atoms with Crippen molar-refractivity contribution in [2.45, 2.75) is 19.0 Å². The van der Waals surface area contributed by atoms with Crippen molar-refractivity contribution in [2.75, 3.05) is 13.7 Å². The predicted molar refractivity (Wildman–Crippen MR) is 65.8 cm³/mol. The second kappa shape index (κ2) is 6.91. The number of hydrogen-bond acceptors (Lipinski definition) is 5. The van der Waals surface area contributed by atoms with Crippen LogP contribution >= 0.6 is 0 Å². The number of methoxy groups -OCH3 is 1. The monoisotopic (exact) mass is 307 g/mol. The third-order valence-electron chi connectivity index (χ3n) is 2.50. The van der Waals surface area contributed by atoms with E-state index < -0.39 is 23.2 Å². The van der Waals surface area contributed by atoms with Crippen LogP contribution in [0.3, 0.4) is 0 Å². The first-order valence-corrected chi connectivity index (χ1v) is 5.79. The van der Waals surface area contributed by atoms with Crippen LogP contribution in [-0.4, -0.2) is 31.1 Å². The second-order valence-corrected chi connectivity index (χ2v) is 4.00. The van der Waals surface area contributed by atoms with Gasteiger partial charge in [-0.15, -0.1) is 0 Å². The van der Waals surface area contributed by atoms with Crippen LogP contribution in [0.2, 0.25) is 0 Å². The van der Waals surface area contributed by atoms with Gasteiger partial charge in [-0.05, 0) is 6.42 Å². The number of halogens is 3. The minimum absolute atomic E-state index is 0.0368. The summed E-state index contributed by atoms with van der Waals surface area (Å²) in [7, 11) is 1.25. The highest BCUT2D eigenvalue weighted by atomic mass is 19.4. The molecule has 21 heavy (non-hydrogen) atoms. The number of hydrogen-bond donors (Lipinski definition) is 0. The van der Waals surface area contributed by atoms with E-state index in [1.165, 1.54) is 7.11 Å². The maximum Gasteiger partial charge on any atom is 0.389 e. The van der Waals surface area contributed by atoms with Gasteiger partial charge in [0.2, 0.25) is 0 Å². The lowest BCUT2D eigenvalue weighted by Gasteiger charge is -2.12. The Hall–Kier alpha value is -2.32. The van der Waals surface area contributed by atoms with Crippen molar-refractivity contribution in [3.8, 4) is 11.5 Å². The fourth-order valence-corrected chi connectivity index (χ4v) is 1.54. The van der Waals surface area contributed by atoms with E-state index in [0.29, 0.717) is 0 Å². The first kappa shape index (κ1) is 16.7. The Labute approximate surface area is 117 Å². The lowest BCUT2D eigenvalue weighted by atomic mass is 10.1.